The molecule has 0 saturated heterocycles. The van der Waals surface area contributed by atoms with Gasteiger partial charge in [-0.05, 0) is 23.6 Å². The zero-order valence-electron chi connectivity index (χ0n) is 22.6. The van der Waals surface area contributed by atoms with Crippen LogP contribution >= 0.6 is 0 Å². The number of rotatable bonds is 9. The lowest BCUT2D eigenvalue weighted by Gasteiger charge is -2.46. The summed E-state index contributed by atoms with van der Waals surface area (Å²) in [5, 5.41) is 10.1. The second-order valence-corrected chi connectivity index (χ2v) is 9.79. The normalized spacial score (nSPS) is 15.8. The Morgan fingerprint density at radius 1 is 1.00 bits per heavy atom. The number of Topliss-reactive ketones (excluding diaryl/α,β-unsaturated/α-hetero) is 1. The van der Waals surface area contributed by atoms with E-state index in [1.54, 1.807) is 48.8 Å². The summed E-state index contributed by atoms with van der Waals surface area (Å²) >= 11 is 0. The first-order chi connectivity index (χ1) is 19.2. The molecule has 3 aromatic rings. The maximum absolute atomic E-state index is 14.4. The van der Waals surface area contributed by atoms with Gasteiger partial charge in [0.25, 0.3) is 11.8 Å². The summed E-state index contributed by atoms with van der Waals surface area (Å²) in [5.74, 6) is -2.49. The molecule has 204 valence electrons. The van der Waals surface area contributed by atoms with Gasteiger partial charge in [0, 0.05) is 37.5 Å². The number of nitrogens with one attached hydrogen (secondary N) is 1. The third-order valence-corrected chi connectivity index (χ3v) is 6.67. The van der Waals surface area contributed by atoms with Crippen molar-refractivity contribution in [1.82, 2.24) is 19.9 Å². The molecular formula is C31H31N5O4. The van der Waals surface area contributed by atoms with Crippen molar-refractivity contribution in [2.45, 2.75) is 39.3 Å². The molecule has 40 heavy (non-hydrogen) atoms. The van der Waals surface area contributed by atoms with E-state index in [-0.39, 0.29) is 18.0 Å². The number of nitrogens with zero attached hydrogens (tertiary/aromatic N) is 4. The van der Waals surface area contributed by atoms with Gasteiger partial charge in [-0.15, -0.1) is 0 Å². The molecule has 1 aliphatic rings. The minimum atomic E-state index is -1.16. The summed E-state index contributed by atoms with van der Waals surface area (Å²) in [6.07, 6.45) is 5.31. The fourth-order valence-electron chi connectivity index (χ4n) is 4.83. The average Bonchev–Trinajstić information content (AvgIpc) is 2.97. The molecule has 0 spiro atoms. The molecule has 0 radical (unpaired) electrons. The van der Waals surface area contributed by atoms with Crippen LogP contribution in [-0.4, -0.2) is 61.7 Å². The Hall–Kier alpha value is -4.92. The van der Waals surface area contributed by atoms with Gasteiger partial charge in [0.2, 0.25) is 5.91 Å². The van der Waals surface area contributed by atoms with Crippen molar-refractivity contribution in [2.24, 2.45) is 5.92 Å². The number of carbonyl (C=O) groups is 4. The Balaban J connectivity index is 1.92. The molecule has 3 amide bonds. The molecule has 0 saturated carbocycles. The van der Waals surface area contributed by atoms with Crippen molar-refractivity contribution in [3.8, 4) is 0 Å². The third-order valence-electron chi connectivity index (χ3n) is 6.67. The van der Waals surface area contributed by atoms with E-state index < -0.39 is 35.6 Å². The first-order valence-corrected chi connectivity index (χ1v) is 13.0. The number of carbonyl (C=O) groups excluding carboxylic acids is 4. The molecule has 2 heterocycles. The highest BCUT2D eigenvalue weighted by Crippen LogP contribution is 2.33. The minimum absolute atomic E-state index is 0.0885. The van der Waals surface area contributed by atoms with Gasteiger partial charge in [0.05, 0.1) is 17.5 Å². The SMILES string of the molecule is CC(=O)N([C@@H](Cc1ccccc1)C(=O)C=N)N1C(=O)[C@@H](C(C)C)N(C(=O)c2cccnc2)C=C1c1ccccc1. The van der Waals surface area contributed by atoms with Crippen molar-refractivity contribution in [2.75, 3.05) is 0 Å². The van der Waals surface area contributed by atoms with Crippen LogP contribution in [0.25, 0.3) is 5.70 Å². The van der Waals surface area contributed by atoms with Gasteiger partial charge < -0.3 is 5.41 Å². The van der Waals surface area contributed by atoms with Crippen LogP contribution in [0.1, 0.15) is 42.3 Å². The monoisotopic (exact) mass is 537 g/mol. The maximum atomic E-state index is 14.4. The van der Waals surface area contributed by atoms with Crippen molar-refractivity contribution in [1.29, 1.82) is 5.41 Å². The summed E-state index contributed by atoms with van der Waals surface area (Å²) in [4.78, 5) is 60.0. The van der Waals surface area contributed by atoms with E-state index in [9.17, 15) is 19.2 Å². The molecular weight excluding hydrogens is 506 g/mol. The minimum Gasteiger partial charge on any atom is -0.305 e. The molecule has 0 aliphatic carbocycles. The highest BCUT2D eigenvalue weighted by atomic mass is 16.2. The molecule has 1 aromatic heterocycles. The number of ketones is 1. The van der Waals surface area contributed by atoms with Gasteiger partial charge in [-0.3, -0.25) is 29.1 Å². The average molecular weight is 538 g/mol. The van der Waals surface area contributed by atoms with Crippen molar-refractivity contribution >= 4 is 35.4 Å². The maximum Gasteiger partial charge on any atom is 0.269 e. The number of hydrazine groups is 1. The van der Waals surface area contributed by atoms with Crippen LogP contribution in [0.15, 0.2) is 91.4 Å². The largest absolute Gasteiger partial charge is 0.305 e. The summed E-state index contributed by atoms with van der Waals surface area (Å²) in [6.45, 7) is 4.91. The molecule has 2 atom stereocenters. The topological polar surface area (TPSA) is 115 Å². The van der Waals surface area contributed by atoms with Crippen molar-refractivity contribution in [3.63, 3.8) is 0 Å². The number of pyridine rings is 1. The zero-order chi connectivity index (χ0) is 28.8. The van der Waals surface area contributed by atoms with Crippen LogP contribution in [-0.2, 0) is 20.8 Å². The Kier molecular flexibility index (Phi) is 8.63. The van der Waals surface area contributed by atoms with E-state index in [0.29, 0.717) is 17.3 Å². The van der Waals surface area contributed by atoms with E-state index in [0.717, 1.165) is 10.6 Å². The molecule has 1 N–H and O–H groups in total. The fraction of sp³-hybridized carbons (Fsp3) is 0.226. The summed E-state index contributed by atoms with van der Waals surface area (Å²) in [6, 6.07) is 19.1. The number of aromatic nitrogens is 1. The number of benzene rings is 2. The van der Waals surface area contributed by atoms with Gasteiger partial charge >= 0.3 is 0 Å². The molecule has 2 aromatic carbocycles. The van der Waals surface area contributed by atoms with Crippen LogP contribution in [0.2, 0.25) is 0 Å². The second-order valence-electron chi connectivity index (χ2n) is 9.79. The van der Waals surface area contributed by atoms with E-state index in [4.69, 9.17) is 5.41 Å². The van der Waals surface area contributed by atoms with Crippen LogP contribution in [0.4, 0.5) is 0 Å². The lowest BCUT2D eigenvalue weighted by atomic mass is 9.96. The molecule has 9 heteroatoms. The molecule has 1 aliphatic heterocycles. The van der Waals surface area contributed by atoms with Gasteiger partial charge in [-0.2, -0.15) is 0 Å². The van der Waals surface area contributed by atoms with E-state index >= 15 is 0 Å². The van der Waals surface area contributed by atoms with E-state index in [1.165, 1.54) is 23.0 Å². The lowest BCUT2D eigenvalue weighted by molar-refractivity contribution is -0.165. The predicted molar refractivity (Wildman–Crippen MR) is 151 cm³/mol. The van der Waals surface area contributed by atoms with E-state index in [1.807, 2.05) is 50.2 Å². The first kappa shape index (κ1) is 28.1. The summed E-state index contributed by atoms with van der Waals surface area (Å²) < 4.78 is 0. The number of hydrogen-bond donors (Lipinski definition) is 1. The van der Waals surface area contributed by atoms with Crippen molar-refractivity contribution in [3.05, 3.63) is 108 Å². The standard InChI is InChI=1S/C31H31N5O4/c1-21(2)29-31(40)36(35(22(3)37)26(28(38)18-32)17-23-11-6-4-7-12-23)27(24-13-8-5-9-14-24)20-34(29)30(39)25-15-10-16-33-19-25/h4-16,18-21,26,29,32H,17H2,1-3H3/t26-,29+/m0/s1. The van der Waals surface area contributed by atoms with Crippen LogP contribution < -0.4 is 0 Å². The molecule has 9 nitrogen and oxygen atoms in total. The third kappa shape index (κ3) is 5.73. The van der Waals surface area contributed by atoms with Gasteiger partial charge in [0.15, 0.2) is 5.78 Å². The quantitative estimate of drug-likeness (QED) is 0.415. The van der Waals surface area contributed by atoms with Crippen LogP contribution in [0, 0.1) is 11.3 Å². The zero-order valence-corrected chi connectivity index (χ0v) is 22.6. The number of amides is 3. The van der Waals surface area contributed by atoms with Crippen LogP contribution in [0.3, 0.4) is 0 Å². The molecule has 0 bridgehead atoms. The highest BCUT2D eigenvalue weighted by Gasteiger charge is 2.46. The van der Waals surface area contributed by atoms with Gasteiger partial charge in [0.1, 0.15) is 12.1 Å². The first-order valence-electron chi connectivity index (χ1n) is 13.0. The van der Waals surface area contributed by atoms with Gasteiger partial charge in [-0.1, -0.05) is 74.5 Å². The van der Waals surface area contributed by atoms with Crippen molar-refractivity contribution < 1.29 is 19.2 Å². The Bertz CT molecular complexity index is 1420. The smallest absolute Gasteiger partial charge is 0.269 e. The second kappa shape index (κ2) is 12.3. The molecule has 4 rings (SSSR count). The highest BCUT2D eigenvalue weighted by molar-refractivity contribution is 6.29. The van der Waals surface area contributed by atoms with E-state index in [2.05, 4.69) is 4.98 Å². The van der Waals surface area contributed by atoms with Crippen LogP contribution in [0.5, 0.6) is 0 Å². The Morgan fingerprint density at radius 3 is 2.20 bits per heavy atom. The molecule has 0 fully saturated rings. The predicted octanol–water partition coefficient (Wildman–Crippen LogP) is 3.98. The summed E-state index contributed by atoms with van der Waals surface area (Å²) in [5.41, 5.74) is 1.89. The number of hydrogen-bond acceptors (Lipinski definition) is 6. The summed E-state index contributed by atoms with van der Waals surface area (Å²) in [7, 11) is 0. The Morgan fingerprint density at radius 2 is 1.65 bits per heavy atom. The molecule has 0 unspecified atom stereocenters. The lowest BCUT2D eigenvalue weighted by Crippen LogP contribution is -2.63. The fourth-order valence-corrected chi connectivity index (χ4v) is 4.83. The Labute approximate surface area is 233 Å². The van der Waals surface area contributed by atoms with Gasteiger partial charge in [-0.25, -0.2) is 10.0 Å².